The molecule has 3 N–H and O–H groups in total. The molecule has 0 radical (unpaired) electrons. The van der Waals surface area contributed by atoms with Gasteiger partial charge in [-0.3, -0.25) is 4.79 Å². The molecule has 1 heterocycles. The smallest absolute Gasteiger partial charge is 0.326 e. The number of hydrogen-bond acceptors (Lipinski definition) is 5. The van der Waals surface area contributed by atoms with E-state index in [4.69, 9.17) is 28.2 Å². The molecule has 0 aliphatic rings. The SMILES string of the molecule is CNC(CCc1nc2cc(N(CCCl)CCCl)ccc2n1C)C(=O)NC(CC(C)C)C(=O)O.Cl.Cl. The maximum Gasteiger partial charge on any atom is 0.326 e. The van der Waals surface area contributed by atoms with E-state index in [0.29, 0.717) is 44.1 Å². The van der Waals surface area contributed by atoms with Crippen molar-refractivity contribution >= 4 is 76.6 Å². The summed E-state index contributed by atoms with van der Waals surface area (Å²) in [6, 6.07) is 4.69. The van der Waals surface area contributed by atoms with Gasteiger partial charge in [0.1, 0.15) is 11.9 Å². The number of carbonyl (C=O) groups is 2. The van der Waals surface area contributed by atoms with Gasteiger partial charge in [0, 0.05) is 44.0 Å². The summed E-state index contributed by atoms with van der Waals surface area (Å²) < 4.78 is 2.02. The first-order valence-electron chi connectivity index (χ1n) is 11.2. The summed E-state index contributed by atoms with van der Waals surface area (Å²) in [7, 11) is 3.66. The van der Waals surface area contributed by atoms with Crippen molar-refractivity contribution < 1.29 is 14.7 Å². The number of aliphatic carboxylic acids is 1. The number of nitrogens with zero attached hydrogens (tertiary/aromatic N) is 3. The highest BCUT2D eigenvalue weighted by Crippen LogP contribution is 2.23. The summed E-state index contributed by atoms with van der Waals surface area (Å²) >= 11 is 11.9. The molecule has 12 heteroatoms. The zero-order chi connectivity index (χ0) is 24.5. The number of hydrogen-bond donors (Lipinski definition) is 3. The van der Waals surface area contributed by atoms with Gasteiger partial charge >= 0.3 is 5.97 Å². The predicted molar refractivity (Wildman–Crippen MR) is 149 cm³/mol. The Morgan fingerprint density at radius 3 is 2.29 bits per heavy atom. The van der Waals surface area contributed by atoms with Crippen LogP contribution in [0.1, 0.15) is 32.5 Å². The summed E-state index contributed by atoms with van der Waals surface area (Å²) in [5, 5.41) is 15.1. The number of amides is 1. The Hall–Kier alpha value is -1.45. The first kappa shape index (κ1) is 33.5. The third-order valence-corrected chi connectivity index (χ3v) is 6.01. The monoisotopic (exact) mass is 571 g/mol. The second-order valence-electron chi connectivity index (χ2n) is 8.53. The summed E-state index contributed by atoms with van der Waals surface area (Å²) in [5.74, 6) is 0.702. The molecule has 2 atom stereocenters. The fourth-order valence-corrected chi connectivity index (χ4v) is 4.29. The van der Waals surface area contributed by atoms with Gasteiger partial charge in [-0.25, -0.2) is 9.78 Å². The van der Waals surface area contributed by atoms with Crippen LogP contribution in [-0.2, 0) is 23.1 Å². The van der Waals surface area contributed by atoms with Gasteiger partial charge in [-0.2, -0.15) is 0 Å². The molecule has 200 valence electrons. The molecule has 0 saturated carbocycles. The van der Waals surface area contributed by atoms with E-state index in [1.165, 1.54) is 0 Å². The summed E-state index contributed by atoms with van der Waals surface area (Å²) in [6.07, 6.45) is 1.44. The summed E-state index contributed by atoms with van der Waals surface area (Å²) in [4.78, 5) is 31.1. The largest absolute Gasteiger partial charge is 0.480 e. The van der Waals surface area contributed by atoms with Crippen LogP contribution in [0.4, 0.5) is 5.69 Å². The molecule has 0 fully saturated rings. The number of rotatable bonds is 14. The van der Waals surface area contributed by atoms with Gasteiger partial charge in [0.2, 0.25) is 5.91 Å². The standard InChI is InChI=1S/C23H35Cl2N5O3.2ClH/c1-15(2)13-19(23(32)33)28-22(31)17(26-3)6-8-21-27-18-14-16(5-7-20(18)29(21)4)30(11-9-24)12-10-25;;/h5,7,14-15,17,19,26H,6,8-13H2,1-4H3,(H,28,31)(H,32,33);2*1H. The van der Waals surface area contributed by atoms with Crippen LogP contribution in [0, 0.1) is 5.92 Å². The Kier molecular flexibility index (Phi) is 15.6. The van der Waals surface area contributed by atoms with E-state index in [1.54, 1.807) is 7.05 Å². The molecule has 2 unspecified atom stereocenters. The van der Waals surface area contributed by atoms with Gasteiger partial charge in [0.05, 0.1) is 17.1 Å². The van der Waals surface area contributed by atoms with Gasteiger partial charge in [-0.05, 0) is 44.0 Å². The first-order chi connectivity index (χ1) is 15.7. The van der Waals surface area contributed by atoms with Gasteiger partial charge in [-0.15, -0.1) is 48.0 Å². The number of nitrogens with one attached hydrogen (secondary N) is 2. The van der Waals surface area contributed by atoms with E-state index in [9.17, 15) is 14.7 Å². The fraction of sp³-hybridized carbons (Fsp3) is 0.609. The van der Waals surface area contributed by atoms with Crippen molar-refractivity contribution in [2.75, 3.05) is 36.8 Å². The number of carboxylic acids is 1. The van der Waals surface area contributed by atoms with Gasteiger partial charge in [0.25, 0.3) is 0 Å². The minimum Gasteiger partial charge on any atom is -0.480 e. The second kappa shape index (κ2) is 16.3. The van der Waals surface area contributed by atoms with Crippen molar-refractivity contribution in [3.05, 3.63) is 24.0 Å². The molecule has 2 aromatic rings. The quantitative estimate of drug-likeness (QED) is 0.297. The highest BCUT2D eigenvalue weighted by molar-refractivity contribution is 6.18. The number of carboxylic acid groups (broad SMARTS) is 1. The number of aromatic nitrogens is 2. The molecule has 1 amide bonds. The third-order valence-electron chi connectivity index (χ3n) is 5.67. The minimum absolute atomic E-state index is 0. The number of fused-ring (bicyclic) bond motifs is 1. The molecule has 0 aliphatic carbocycles. The topological polar surface area (TPSA) is 99.5 Å². The molecular weight excluding hydrogens is 536 g/mol. The van der Waals surface area contributed by atoms with Crippen LogP contribution in [0.5, 0.6) is 0 Å². The Labute approximate surface area is 229 Å². The average Bonchev–Trinajstić information content (AvgIpc) is 3.08. The molecule has 1 aromatic carbocycles. The van der Waals surface area contributed by atoms with E-state index in [0.717, 1.165) is 22.5 Å². The molecule has 0 saturated heterocycles. The summed E-state index contributed by atoms with van der Waals surface area (Å²) in [5.41, 5.74) is 2.89. The van der Waals surface area contributed by atoms with Crippen LogP contribution >= 0.6 is 48.0 Å². The number of aryl methyl sites for hydroxylation is 2. The second-order valence-corrected chi connectivity index (χ2v) is 9.29. The van der Waals surface area contributed by atoms with Crippen LogP contribution in [0.25, 0.3) is 11.0 Å². The molecule has 2 rings (SSSR count). The van der Waals surface area contributed by atoms with Gasteiger partial charge in [-0.1, -0.05) is 13.8 Å². The number of alkyl halides is 2. The van der Waals surface area contributed by atoms with Crippen molar-refractivity contribution in [3.63, 3.8) is 0 Å². The molecule has 35 heavy (non-hydrogen) atoms. The highest BCUT2D eigenvalue weighted by atomic mass is 35.5. The van der Waals surface area contributed by atoms with Crippen LogP contribution in [0.15, 0.2) is 18.2 Å². The van der Waals surface area contributed by atoms with Crippen LogP contribution in [0.2, 0.25) is 0 Å². The van der Waals surface area contributed by atoms with Crippen molar-refractivity contribution in [2.45, 2.75) is 45.2 Å². The van der Waals surface area contributed by atoms with Crippen LogP contribution in [0.3, 0.4) is 0 Å². The zero-order valence-corrected chi connectivity index (χ0v) is 23.7. The number of imidazole rings is 1. The lowest BCUT2D eigenvalue weighted by molar-refractivity contribution is -0.142. The van der Waals surface area contributed by atoms with E-state index < -0.39 is 18.1 Å². The minimum atomic E-state index is -1.02. The number of anilines is 1. The number of likely N-dealkylation sites (N-methyl/N-ethyl adjacent to an activating group) is 1. The first-order valence-corrected chi connectivity index (χ1v) is 12.3. The fourth-order valence-electron chi connectivity index (χ4n) is 3.88. The molecule has 0 aliphatic heterocycles. The highest BCUT2D eigenvalue weighted by Gasteiger charge is 2.25. The Bertz CT molecular complexity index is 935. The third kappa shape index (κ3) is 9.50. The van der Waals surface area contributed by atoms with E-state index in [1.807, 2.05) is 43.7 Å². The average molecular weight is 573 g/mol. The molecule has 1 aromatic heterocycles. The maximum atomic E-state index is 12.7. The lowest BCUT2D eigenvalue weighted by Gasteiger charge is -2.22. The normalized spacial score (nSPS) is 12.5. The molecular formula is C23H37Cl4N5O3. The predicted octanol–water partition coefficient (Wildman–Crippen LogP) is 3.84. The molecule has 0 spiro atoms. The lowest BCUT2D eigenvalue weighted by atomic mass is 10.0. The van der Waals surface area contributed by atoms with Crippen molar-refractivity contribution in [1.29, 1.82) is 0 Å². The van der Waals surface area contributed by atoms with Gasteiger partial charge in [0.15, 0.2) is 0 Å². The van der Waals surface area contributed by atoms with Crippen LogP contribution < -0.4 is 15.5 Å². The van der Waals surface area contributed by atoms with E-state index in [2.05, 4.69) is 15.5 Å². The maximum absolute atomic E-state index is 12.7. The number of benzene rings is 1. The summed E-state index contributed by atoms with van der Waals surface area (Å²) in [6.45, 7) is 5.26. The molecule has 8 nitrogen and oxygen atoms in total. The molecule has 0 bridgehead atoms. The van der Waals surface area contributed by atoms with E-state index in [-0.39, 0.29) is 36.6 Å². The van der Waals surface area contributed by atoms with E-state index >= 15 is 0 Å². The number of carbonyl (C=O) groups excluding carboxylic acids is 1. The van der Waals surface area contributed by atoms with Crippen LogP contribution in [-0.4, -0.2) is 70.5 Å². The Balaban J connectivity index is 0.00000578. The lowest BCUT2D eigenvalue weighted by Crippen LogP contribution is -2.50. The van der Waals surface area contributed by atoms with Crippen molar-refractivity contribution in [2.24, 2.45) is 13.0 Å². The van der Waals surface area contributed by atoms with Crippen molar-refractivity contribution in [3.8, 4) is 0 Å². The zero-order valence-electron chi connectivity index (χ0n) is 20.6. The van der Waals surface area contributed by atoms with Gasteiger partial charge < -0.3 is 25.2 Å². The Morgan fingerprint density at radius 2 is 1.77 bits per heavy atom. The van der Waals surface area contributed by atoms with Crippen molar-refractivity contribution in [1.82, 2.24) is 20.2 Å². The Morgan fingerprint density at radius 1 is 1.14 bits per heavy atom. The number of halogens is 4.